The molecule has 0 fully saturated rings. The Bertz CT molecular complexity index is 1120. The van der Waals surface area contributed by atoms with Crippen LogP contribution in [0.3, 0.4) is 0 Å². The van der Waals surface area contributed by atoms with Crippen molar-refractivity contribution in [3.8, 4) is 0 Å². The van der Waals surface area contributed by atoms with E-state index in [-0.39, 0.29) is 18.9 Å². The van der Waals surface area contributed by atoms with Crippen LogP contribution in [0.2, 0.25) is 0 Å². The van der Waals surface area contributed by atoms with Gasteiger partial charge in [0.25, 0.3) is 0 Å². The highest BCUT2D eigenvalue weighted by atomic mass is 32.1. The van der Waals surface area contributed by atoms with E-state index in [4.69, 9.17) is 5.73 Å². The monoisotopic (exact) mass is 487 g/mol. The number of amides is 2. The van der Waals surface area contributed by atoms with Crippen molar-refractivity contribution in [2.75, 3.05) is 19.8 Å². The first-order valence-electron chi connectivity index (χ1n) is 10.7. The molecular formula is C24H27F2N5O2S. The van der Waals surface area contributed by atoms with Gasteiger partial charge in [-0.3, -0.25) is 14.5 Å². The summed E-state index contributed by atoms with van der Waals surface area (Å²) in [7, 11) is 3.57. The smallest absolute Gasteiger partial charge is 0.243 e. The van der Waals surface area contributed by atoms with E-state index in [1.54, 1.807) is 25.2 Å². The van der Waals surface area contributed by atoms with E-state index in [1.807, 2.05) is 30.3 Å². The van der Waals surface area contributed by atoms with E-state index in [1.165, 1.54) is 17.4 Å². The molecule has 3 aromatic rings. The minimum Gasteiger partial charge on any atom is -0.375 e. The molecule has 0 aliphatic rings. The van der Waals surface area contributed by atoms with Gasteiger partial charge in [-0.2, -0.15) is 0 Å². The standard InChI is InChI=1S/C24H27F2N5O2S/c1-31(2)21(12-15-6-4-3-5-7-15)23(33)30-20(11-16-8-9-18(25)19(26)10-16)22(32)28-13-17-14-29-24(27)34-17/h3-10,14,20-21H,11-13H2,1-2H3,(H2,27,29)(H,28,32)(H,30,33)/t20-,21-/m0/s1. The van der Waals surface area contributed by atoms with Crippen molar-refractivity contribution >= 4 is 28.3 Å². The molecule has 1 heterocycles. The number of carbonyl (C=O) groups is 2. The number of carbonyl (C=O) groups excluding carboxylic acids is 2. The number of hydrogen-bond donors (Lipinski definition) is 3. The zero-order valence-electron chi connectivity index (χ0n) is 18.9. The van der Waals surface area contributed by atoms with Crippen molar-refractivity contribution in [3.05, 3.63) is 82.4 Å². The topological polar surface area (TPSA) is 100 Å². The van der Waals surface area contributed by atoms with Crippen molar-refractivity contribution in [1.82, 2.24) is 20.5 Å². The molecule has 4 N–H and O–H groups in total. The molecule has 0 aliphatic heterocycles. The van der Waals surface area contributed by atoms with Crippen LogP contribution >= 0.6 is 11.3 Å². The van der Waals surface area contributed by atoms with E-state index in [9.17, 15) is 18.4 Å². The van der Waals surface area contributed by atoms with E-state index in [0.717, 1.165) is 22.6 Å². The molecule has 0 bridgehead atoms. The Balaban J connectivity index is 1.76. The molecule has 10 heteroatoms. The number of rotatable bonds is 10. The number of anilines is 1. The van der Waals surface area contributed by atoms with Crippen molar-refractivity contribution in [2.24, 2.45) is 0 Å². The van der Waals surface area contributed by atoms with Gasteiger partial charge in [0.05, 0.1) is 12.6 Å². The van der Waals surface area contributed by atoms with E-state index in [0.29, 0.717) is 17.1 Å². The van der Waals surface area contributed by atoms with Gasteiger partial charge in [-0.05, 0) is 43.8 Å². The Morgan fingerprint density at radius 1 is 1.03 bits per heavy atom. The fourth-order valence-electron chi connectivity index (χ4n) is 3.43. The Morgan fingerprint density at radius 3 is 2.38 bits per heavy atom. The molecule has 0 radical (unpaired) electrons. The molecule has 0 spiro atoms. The van der Waals surface area contributed by atoms with Crippen molar-refractivity contribution in [3.63, 3.8) is 0 Å². The Hall–Kier alpha value is -3.37. The highest BCUT2D eigenvalue weighted by Crippen LogP contribution is 2.15. The predicted octanol–water partition coefficient (Wildman–Crippen LogP) is 2.52. The van der Waals surface area contributed by atoms with Gasteiger partial charge in [0, 0.05) is 17.5 Å². The van der Waals surface area contributed by atoms with Crippen molar-refractivity contribution in [2.45, 2.75) is 31.5 Å². The average molecular weight is 488 g/mol. The molecule has 2 aromatic carbocycles. The lowest BCUT2D eigenvalue weighted by Gasteiger charge is -2.26. The van der Waals surface area contributed by atoms with Gasteiger partial charge < -0.3 is 16.4 Å². The zero-order valence-corrected chi connectivity index (χ0v) is 19.7. The largest absolute Gasteiger partial charge is 0.375 e. The van der Waals surface area contributed by atoms with Gasteiger partial charge in [0.1, 0.15) is 6.04 Å². The number of nitrogens with two attached hydrogens (primary N) is 1. The lowest BCUT2D eigenvalue weighted by Crippen LogP contribution is -2.53. The van der Waals surface area contributed by atoms with Crippen LogP contribution in [0.25, 0.3) is 0 Å². The van der Waals surface area contributed by atoms with Gasteiger partial charge >= 0.3 is 0 Å². The maximum atomic E-state index is 13.8. The van der Waals surface area contributed by atoms with Crippen LogP contribution in [0.5, 0.6) is 0 Å². The SMILES string of the molecule is CN(C)[C@@H](Cc1ccccc1)C(=O)N[C@@H](Cc1ccc(F)c(F)c1)C(=O)NCc1cnc(N)s1. The number of thiazole rings is 1. The highest BCUT2D eigenvalue weighted by molar-refractivity contribution is 7.15. The molecule has 7 nitrogen and oxygen atoms in total. The third-order valence-corrected chi connectivity index (χ3v) is 6.09. The van der Waals surface area contributed by atoms with E-state index in [2.05, 4.69) is 15.6 Å². The molecule has 34 heavy (non-hydrogen) atoms. The maximum absolute atomic E-state index is 13.8. The molecule has 0 aliphatic carbocycles. The first kappa shape index (κ1) is 25.3. The molecule has 0 saturated carbocycles. The molecule has 2 atom stereocenters. The molecule has 2 amide bonds. The van der Waals surface area contributed by atoms with Gasteiger partial charge in [-0.1, -0.05) is 36.4 Å². The van der Waals surface area contributed by atoms with Gasteiger partial charge in [0.2, 0.25) is 11.8 Å². The number of nitrogen functional groups attached to an aromatic ring is 1. The van der Waals surface area contributed by atoms with Crippen LogP contribution in [-0.2, 0) is 29.0 Å². The van der Waals surface area contributed by atoms with Crippen LogP contribution in [0.15, 0.2) is 54.7 Å². The fraction of sp³-hybridized carbons (Fsp3) is 0.292. The first-order valence-corrected chi connectivity index (χ1v) is 11.5. The number of benzene rings is 2. The Morgan fingerprint density at radius 2 is 1.76 bits per heavy atom. The van der Waals surface area contributed by atoms with Crippen LogP contribution in [0, 0.1) is 11.6 Å². The quantitative estimate of drug-likeness (QED) is 0.408. The molecule has 180 valence electrons. The molecule has 0 saturated heterocycles. The summed E-state index contributed by atoms with van der Waals surface area (Å²) in [6.07, 6.45) is 2.00. The lowest BCUT2D eigenvalue weighted by molar-refractivity contribution is -0.131. The highest BCUT2D eigenvalue weighted by Gasteiger charge is 2.27. The van der Waals surface area contributed by atoms with E-state index >= 15 is 0 Å². The summed E-state index contributed by atoms with van der Waals surface area (Å²) in [6, 6.07) is 11.4. The second-order valence-electron chi connectivity index (χ2n) is 8.07. The minimum absolute atomic E-state index is 0.00884. The second-order valence-corrected chi connectivity index (χ2v) is 9.21. The number of halogens is 2. The Kier molecular flexibility index (Phi) is 8.67. The summed E-state index contributed by atoms with van der Waals surface area (Å²) >= 11 is 1.24. The summed E-state index contributed by atoms with van der Waals surface area (Å²) in [6.45, 7) is 0.180. The number of nitrogens with zero attached hydrogens (tertiary/aromatic N) is 2. The third-order valence-electron chi connectivity index (χ3n) is 5.26. The summed E-state index contributed by atoms with van der Waals surface area (Å²) < 4.78 is 27.1. The number of aromatic nitrogens is 1. The minimum atomic E-state index is -1.02. The number of nitrogens with one attached hydrogen (secondary N) is 2. The third kappa shape index (κ3) is 7.06. The van der Waals surface area contributed by atoms with Crippen LogP contribution in [0.1, 0.15) is 16.0 Å². The van der Waals surface area contributed by atoms with Gasteiger partial charge in [-0.25, -0.2) is 13.8 Å². The van der Waals surface area contributed by atoms with Crippen LogP contribution < -0.4 is 16.4 Å². The molecule has 3 rings (SSSR count). The summed E-state index contributed by atoms with van der Waals surface area (Å²) in [5.41, 5.74) is 6.98. The lowest BCUT2D eigenvalue weighted by atomic mass is 10.0. The van der Waals surface area contributed by atoms with Gasteiger partial charge in [0.15, 0.2) is 16.8 Å². The number of likely N-dealkylation sites (N-methyl/N-ethyl adjacent to an activating group) is 1. The molecule has 0 unspecified atom stereocenters. The summed E-state index contributed by atoms with van der Waals surface area (Å²) in [5.74, 6) is -2.80. The van der Waals surface area contributed by atoms with Gasteiger partial charge in [-0.15, -0.1) is 11.3 Å². The summed E-state index contributed by atoms with van der Waals surface area (Å²) in [5, 5.41) is 5.94. The van der Waals surface area contributed by atoms with Crippen LogP contribution in [-0.4, -0.2) is 47.9 Å². The van der Waals surface area contributed by atoms with Crippen LogP contribution in [0.4, 0.5) is 13.9 Å². The average Bonchev–Trinajstić information content (AvgIpc) is 3.23. The first-order chi connectivity index (χ1) is 16.2. The number of hydrogen-bond acceptors (Lipinski definition) is 6. The van der Waals surface area contributed by atoms with Crippen molar-refractivity contribution in [1.29, 1.82) is 0 Å². The van der Waals surface area contributed by atoms with E-state index < -0.39 is 29.6 Å². The summed E-state index contributed by atoms with van der Waals surface area (Å²) in [4.78, 5) is 32.7. The predicted molar refractivity (Wildman–Crippen MR) is 128 cm³/mol. The fourth-order valence-corrected chi connectivity index (χ4v) is 4.05. The maximum Gasteiger partial charge on any atom is 0.243 e. The van der Waals surface area contributed by atoms with Crippen molar-refractivity contribution < 1.29 is 18.4 Å². The Labute approximate surface area is 201 Å². The second kappa shape index (κ2) is 11.7. The molecular weight excluding hydrogens is 460 g/mol. The normalized spacial score (nSPS) is 12.9. The molecule has 1 aromatic heterocycles. The zero-order chi connectivity index (χ0) is 24.7.